The highest BCUT2D eigenvalue weighted by Gasteiger charge is 2.46. The van der Waals surface area contributed by atoms with E-state index in [1.807, 2.05) is 67.7 Å². The van der Waals surface area contributed by atoms with Gasteiger partial charge in [-0.1, -0.05) is 6.07 Å². The number of aromatic nitrogens is 2. The zero-order chi connectivity index (χ0) is 18.4. The van der Waals surface area contributed by atoms with Crippen molar-refractivity contribution >= 4 is 23.2 Å². The normalized spacial score (nSPS) is 21.3. The van der Waals surface area contributed by atoms with Crippen molar-refractivity contribution in [3.05, 3.63) is 76.5 Å². The van der Waals surface area contributed by atoms with Gasteiger partial charge in [-0.3, -0.25) is 14.6 Å². The molecule has 7 heteroatoms. The van der Waals surface area contributed by atoms with Gasteiger partial charge >= 0.3 is 0 Å². The summed E-state index contributed by atoms with van der Waals surface area (Å²) >= 11 is 1.52. The molecular formula is C20H18N4O2S. The molecule has 136 valence electrons. The number of likely N-dealkylation sites (tertiary alicyclic amines) is 1. The van der Waals surface area contributed by atoms with E-state index in [1.165, 1.54) is 11.3 Å². The van der Waals surface area contributed by atoms with Crippen LogP contribution < -0.4 is 0 Å². The van der Waals surface area contributed by atoms with Crippen LogP contribution in [0.5, 0.6) is 0 Å². The topological polar surface area (TPSA) is 58.4 Å². The van der Waals surface area contributed by atoms with Gasteiger partial charge in [0.1, 0.15) is 5.69 Å². The Kier molecular flexibility index (Phi) is 3.82. The van der Waals surface area contributed by atoms with E-state index in [0.29, 0.717) is 30.9 Å². The predicted molar refractivity (Wildman–Crippen MR) is 102 cm³/mol. The van der Waals surface area contributed by atoms with Crippen LogP contribution in [0.3, 0.4) is 0 Å². The van der Waals surface area contributed by atoms with E-state index in [9.17, 15) is 9.59 Å². The molecule has 0 saturated carbocycles. The Morgan fingerprint density at radius 3 is 2.81 bits per heavy atom. The fourth-order valence-electron chi connectivity index (χ4n) is 4.10. The van der Waals surface area contributed by atoms with Crippen molar-refractivity contribution < 1.29 is 9.59 Å². The highest BCUT2D eigenvalue weighted by molar-refractivity contribution is 7.08. The molecule has 1 fully saturated rings. The molecule has 5 rings (SSSR count). The Morgan fingerprint density at radius 2 is 2.04 bits per heavy atom. The average molecular weight is 378 g/mol. The average Bonchev–Trinajstić information content (AvgIpc) is 3.45. The van der Waals surface area contributed by atoms with Crippen LogP contribution in [0.25, 0.3) is 0 Å². The number of hydrogen-bond acceptors (Lipinski definition) is 4. The van der Waals surface area contributed by atoms with Crippen LogP contribution in [0.1, 0.15) is 32.6 Å². The molecule has 1 saturated heterocycles. The molecule has 3 aromatic heterocycles. The number of rotatable bonds is 3. The number of hydrogen-bond donors (Lipinski definition) is 0. The molecule has 0 unspecified atom stereocenters. The Labute approximate surface area is 160 Å². The molecule has 3 aromatic rings. The van der Waals surface area contributed by atoms with Gasteiger partial charge in [0.15, 0.2) is 0 Å². The molecule has 0 N–H and O–H groups in total. The molecule has 2 aliphatic heterocycles. The Hall–Kier alpha value is -2.93. The zero-order valence-corrected chi connectivity index (χ0v) is 15.4. The van der Waals surface area contributed by atoms with Gasteiger partial charge in [0, 0.05) is 30.9 Å². The number of thiophene rings is 1. The minimum atomic E-state index is -0.0537. The fraction of sp³-hybridized carbons (Fsp3) is 0.250. The Morgan fingerprint density at radius 1 is 1.15 bits per heavy atom. The van der Waals surface area contributed by atoms with Crippen molar-refractivity contribution in [3.8, 4) is 0 Å². The van der Waals surface area contributed by atoms with Crippen molar-refractivity contribution in [1.29, 1.82) is 0 Å². The third kappa shape index (κ3) is 2.66. The summed E-state index contributed by atoms with van der Waals surface area (Å²) in [5.41, 5.74) is 2.25. The van der Waals surface area contributed by atoms with E-state index in [-0.39, 0.29) is 23.9 Å². The maximum atomic E-state index is 13.1. The first-order chi connectivity index (χ1) is 13.2. The SMILES string of the molecule is O=C(c1ccsc1)N1C[C@@H]2[C@@H](C1)n1cccc1C(=O)N2Cc1ccccn1. The second-order valence-electron chi connectivity index (χ2n) is 6.91. The molecule has 0 spiro atoms. The standard InChI is InChI=1S/C20H18N4O2S/c25-19(14-6-9-27-13-14)22-11-17-18(12-22)24(10-15-4-1-2-7-21-15)20(26)16-5-3-8-23(16)17/h1-9,13,17-18H,10-12H2/t17-,18-/m1/s1. The largest absolute Gasteiger partial charge is 0.337 e. The third-order valence-corrected chi connectivity index (χ3v) is 6.07. The van der Waals surface area contributed by atoms with Crippen molar-refractivity contribution in [2.45, 2.75) is 18.6 Å². The summed E-state index contributed by atoms with van der Waals surface area (Å²) in [6.45, 7) is 1.59. The zero-order valence-electron chi connectivity index (χ0n) is 14.6. The van der Waals surface area contributed by atoms with Crippen LogP contribution in [-0.4, -0.2) is 50.3 Å². The Balaban J connectivity index is 1.48. The number of pyridine rings is 1. The van der Waals surface area contributed by atoms with Crippen LogP contribution in [-0.2, 0) is 6.54 Å². The predicted octanol–water partition coefficient (Wildman–Crippen LogP) is 2.67. The van der Waals surface area contributed by atoms with Gasteiger partial charge in [-0.15, -0.1) is 0 Å². The van der Waals surface area contributed by atoms with Crippen molar-refractivity contribution in [3.63, 3.8) is 0 Å². The summed E-state index contributed by atoms with van der Waals surface area (Å²) < 4.78 is 2.03. The molecule has 2 amide bonds. The van der Waals surface area contributed by atoms with Gasteiger partial charge in [-0.05, 0) is 35.7 Å². The van der Waals surface area contributed by atoms with Gasteiger partial charge < -0.3 is 14.4 Å². The smallest absolute Gasteiger partial charge is 0.271 e. The van der Waals surface area contributed by atoms with Crippen LogP contribution in [0.15, 0.2) is 59.6 Å². The first kappa shape index (κ1) is 16.3. The number of carbonyl (C=O) groups is 2. The molecule has 2 aliphatic rings. The van der Waals surface area contributed by atoms with E-state index in [2.05, 4.69) is 4.98 Å². The maximum Gasteiger partial charge on any atom is 0.271 e. The molecule has 2 atom stereocenters. The summed E-state index contributed by atoms with van der Waals surface area (Å²) in [7, 11) is 0. The second kappa shape index (κ2) is 6.35. The summed E-state index contributed by atoms with van der Waals surface area (Å²) in [5, 5.41) is 3.79. The van der Waals surface area contributed by atoms with Crippen molar-refractivity contribution in [1.82, 2.24) is 19.4 Å². The third-order valence-electron chi connectivity index (χ3n) is 5.39. The lowest BCUT2D eigenvalue weighted by Crippen LogP contribution is -2.50. The van der Waals surface area contributed by atoms with Gasteiger partial charge in [0.05, 0.1) is 29.9 Å². The van der Waals surface area contributed by atoms with Crippen LogP contribution >= 0.6 is 11.3 Å². The highest BCUT2D eigenvalue weighted by atomic mass is 32.1. The number of carbonyl (C=O) groups excluding carboxylic acids is 2. The van der Waals surface area contributed by atoms with Crippen LogP contribution in [0.4, 0.5) is 0 Å². The lowest BCUT2D eigenvalue weighted by atomic mass is 10.1. The van der Waals surface area contributed by atoms with Gasteiger partial charge in [0.25, 0.3) is 11.8 Å². The summed E-state index contributed by atoms with van der Waals surface area (Å²) in [4.78, 5) is 34.1. The summed E-state index contributed by atoms with van der Waals surface area (Å²) in [5.74, 6) is 0.0290. The minimum Gasteiger partial charge on any atom is -0.337 e. The lowest BCUT2D eigenvalue weighted by molar-refractivity contribution is 0.0547. The molecule has 0 bridgehead atoms. The van der Waals surface area contributed by atoms with Gasteiger partial charge in [0.2, 0.25) is 0 Å². The lowest BCUT2D eigenvalue weighted by Gasteiger charge is -2.37. The van der Waals surface area contributed by atoms with Crippen LogP contribution in [0, 0.1) is 0 Å². The molecule has 0 radical (unpaired) electrons. The van der Waals surface area contributed by atoms with E-state index in [1.54, 1.807) is 6.20 Å². The Bertz CT molecular complexity index is 983. The second-order valence-corrected chi connectivity index (χ2v) is 7.69. The minimum absolute atomic E-state index is 0.00302. The highest BCUT2D eigenvalue weighted by Crippen LogP contribution is 2.35. The monoisotopic (exact) mass is 378 g/mol. The molecule has 6 nitrogen and oxygen atoms in total. The maximum absolute atomic E-state index is 13.1. The molecule has 0 aliphatic carbocycles. The fourth-order valence-corrected chi connectivity index (χ4v) is 4.73. The molecule has 5 heterocycles. The first-order valence-electron chi connectivity index (χ1n) is 8.91. The van der Waals surface area contributed by atoms with Gasteiger partial charge in [-0.25, -0.2) is 0 Å². The first-order valence-corrected chi connectivity index (χ1v) is 9.86. The molecule has 27 heavy (non-hydrogen) atoms. The number of nitrogens with zero attached hydrogens (tertiary/aromatic N) is 4. The van der Waals surface area contributed by atoms with E-state index in [4.69, 9.17) is 0 Å². The van der Waals surface area contributed by atoms with Crippen LogP contribution in [0.2, 0.25) is 0 Å². The molecule has 0 aromatic carbocycles. The van der Waals surface area contributed by atoms with Crippen molar-refractivity contribution in [2.75, 3.05) is 13.1 Å². The number of amides is 2. The van der Waals surface area contributed by atoms with E-state index in [0.717, 1.165) is 5.69 Å². The summed E-state index contributed by atoms with van der Waals surface area (Å²) in [6, 6.07) is 11.3. The summed E-state index contributed by atoms with van der Waals surface area (Å²) in [6.07, 6.45) is 3.69. The number of fused-ring (bicyclic) bond motifs is 3. The van der Waals surface area contributed by atoms with Gasteiger partial charge in [-0.2, -0.15) is 11.3 Å². The quantitative estimate of drug-likeness (QED) is 0.704. The molecular weight excluding hydrogens is 360 g/mol. The van der Waals surface area contributed by atoms with Crippen molar-refractivity contribution in [2.24, 2.45) is 0 Å². The van der Waals surface area contributed by atoms with E-state index >= 15 is 0 Å². The van der Waals surface area contributed by atoms with E-state index < -0.39 is 0 Å².